The summed E-state index contributed by atoms with van der Waals surface area (Å²) in [6.07, 6.45) is 8.56. The molecule has 0 heteroatoms. The van der Waals surface area contributed by atoms with Crippen molar-refractivity contribution in [2.24, 2.45) is 5.41 Å². The summed E-state index contributed by atoms with van der Waals surface area (Å²) in [7, 11) is 0. The molecule has 0 amide bonds. The lowest BCUT2D eigenvalue weighted by atomic mass is 9.78. The summed E-state index contributed by atoms with van der Waals surface area (Å²) >= 11 is 0. The number of fused-ring (bicyclic) bond motifs is 3. The molecule has 0 saturated heterocycles. The molecule has 1 fully saturated rings. The molecule has 2 aliphatic rings. The second-order valence-electron chi connectivity index (χ2n) is 12.9. The molecular formula is C51H86. The number of hydrogen-bond acceptors (Lipinski definition) is 0. The van der Waals surface area contributed by atoms with Gasteiger partial charge in [0.2, 0.25) is 0 Å². The Morgan fingerprint density at radius 3 is 0.961 bits per heavy atom. The summed E-state index contributed by atoms with van der Waals surface area (Å²) in [6.45, 7) is 38.0. The van der Waals surface area contributed by atoms with Crippen LogP contribution in [0, 0.1) is 5.41 Å². The molecule has 290 valence electrons. The van der Waals surface area contributed by atoms with Crippen molar-refractivity contribution < 1.29 is 0 Å². The van der Waals surface area contributed by atoms with Crippen LogP contribution >= 0.6 is 0 Å². The van der Waals surface area contributed by atoms with Gasteiger partial charge in [-0.15, -0.1) is 0 Å². The largest absolute Gasteiger partial charge is 0.0683 e. The fraction of sp³-hybridized carbons (Fsp3) is 0.529. The molecule has 0 bridgehead atoms. The van der Waals surface area contributed by atoms with Crippen LogP contribution in [0.1, 0.15) is 186 Å². The quantitative estimate of drug-likeness (QED) is 0.186. The fourth-order valence-corrected chi connectivity index (χ4v) is 5.40. The molecule has 0 atom stereocenters. The van der Waals surface area contributed by atoms with Crippen molar-refractivity contribution in [1.29, 1.82) is 0 Å². The van der Waals surface area contributed by atoms with Crippen molar-refractivity contribution in [3.05, 3.63) is 132 Å². The van der Waals surface area contributed by atoms with E-state index in [0.29, 0.717) is 11.3 Å². The van der Waals surface area contributed by atoms with Gasteiger partial charge in [0.25, 0.3) is 0 Å². The summed E-state index contributed by atoms with van der Waals surface area (Å²) in [5, 5.41) is 0. The molecule has 0 aromatic heterocycles. The van der Waals surface area contributed by atoms with E-state index in [4.69, 9.17) is 0 Å². The Morgan fingerprint density at radius 1 is 0.431 bits per heavy atom. The summed E-state index contributed by atoms with van der Waals surface area (Å²) in [6, 6.07) is 40.0. The van der Waals surface area contributed by atoms with Crippen molar-refractivity contribution >= 4 is 0 Å². The van der Waals surface area contributed by atoms with Crippen LogP contribution in [0.4, 0.5) is 0 Å². The standard InChI is InChI=1S/C15H14.C9H12.C8H16.C6H6.C3H8.5C2H6/c1-15(2)13-9-5-3-7-11(13)12-8-4-6-10-14(12)15;1-8(2)9-6-4-3-5-7-9;1-8(2)6-4-3-5-7-8;1-2-4-6-5-3-1;1-3-2;5*1-2/h3-10H,1-2H3;3-8H,1-2H3;3-7H2,1-2H3;1-6H;3H2,1-2H3;5*1-2H3. The topological polar surface area (TPSA) is 0 Å². The SMILES string of the molecule is CC.CC.CC.CC.CC.CC(C)c1ccccc1.CC1(C)CCCCC1.CC1(C)c2ccccc2-c2ccccc21.CCC.c1ccccc1. The van der Waals surface area contributed by atoms with Crippen molar-refractivity contribution in [3.63, 3.8) is 0 Å². The number of rotatable bonds is 1. The molecular weight excluding hydrogens is 613 g/mol. The van der Waals surface area contributed by atoms with Crippen molar-refractivity contribution in [2.75, 3.05) is 0 Å². The molecule has 4 aromatic rings. The Balaban J connectivity index is -0.000000270. The molecule has 0 heterocycles. The van der Waals surface area contributed by atoms with E-state index in [-0.39, 0.29) is 5.41 Å². The molecule has 1 saturated carbocycles. The molecule has 0 radical (unpaired) electrons. The van der Waals surface area contributed by atoms with Crippen LogP contribution in [-0.2, 0) is 5.41 Å². The zero-order valence-electron chi connectivity index (χ0n) is 37.3. The van der Waals surface area contributed by atoms with E-state index >= 15 is 0 Å². The Hall–Kier alpha value is -3.12. The van der Waals surface area contributed by atoms with Gasteiger partial charge >= 0.3 is 0 Å². The van der Waals surface area contributed by atoms with Crippen LogP contribution in [0.2, 0.25) is 0 Å². The second-order valence-corrected chi connectivity index (χ2v) is 12.9. The van der Waals surface area contributed by atoms with Gasteiger partial charge in [-0.2, -0.15) is 0 Å². The first-order valence-electron chi connectivity index (χ1n) is 20.9. The van der Waals surface area contributed by atoms with E-state index in [0.717, 1.165) is 0 Å². The molecule has 0 nitrogen and oxygen atoms in total. The van der Waals surface area contributed by atoms with Gasteiger partial charge in [0.15, 0.2) is 0 Å². The third-order valence-corrected chi connectivity index (χ3v) is 7.83. The predicted octanol–water partition coefficient (Wildman–Crippen LogP) is 18.0. The third kappa shape index (κ3) is 23.9. The van der Waals surface area contributed by atoms with Crippen LogP contribution in [0.25, 0.3) is 11.1 Å². The van der Waals surface area contributed by atoms with Gasteiger partial charge in [-0.25, -0.2) is 0 Å². The second kappa shape index (κ2) is 36.7. The van der Waals surface area contributed by atoms with Gasteiger partial charge in [0.05, 0.1) is 0 Å². The average Bonchev–Trinajstić information content (AvgIpc) is 3.44. The Labute approximate surface area is 321 Å². The molecule has 0 spiro atoms. The zero-order chi connectivity index (χ0) is 40.1. The maximum Gasteiger partial charge on any atom is 0.0158 e. The molecule has 0 unspecified atom stereocenters. The lowest BCUT2D eigenvalue weighted by Crippen LogP contribution is -2.14. The summed E-state index contributed by atoms with van der Waals surface area (Å²) in [5.74, 6) is 0.659. The smallest absolute Gasteiger partial charge is 0.0158 e. The van der Waals surface area contributed by atoms with Gasteiger partial charge in [-0.1, -0.05) is 266 Å². The van der Waals surface area contributed by atoms with Crippen molar-refractivity contribution in [1.82, 2.24) is 0 Å². The molecule has 0 N–H and O–H groups in total. The molecule has 2 aliphatic carbocycles. The Bertz CT molecular complexity index is 1130. The maximum absolute atomic E-state index is 2.38. The van der Waals surface area contributed by atoms with Gasteiger partial charge in [0, 0.05) is 5.41 Å². The van der Waals surface area contributed by atoms with Crippen LogP contribution < -0.4 is 0 Å². The number of benzene rings is 4. The highest BCUT2D eigenvalue weighted by atomic mass is 14.4. The summed E-state index contributed by atoms with van der Waals surface area (Å²) in [4.78, 5) is 0. The van der Waals surface area contributed by atoms with Gasteiger partial charge in [-0.05, 0) is 52.0 Å². The summed E-state index contributed by atoms with van der Waals surface area (Å²) in [5.41, 5.74) is 7.96. The molecule has 0 aliphatic heterocycles. The van der Waals surface area contributed by atoms with Gasteiger partial charge < -0.3 is 0 Å². The van der Waals surface area contributed by atoms with Crippen LogP contribution in [0.15, 0.2) is 115 Å². The average molecular weight is 699 g/mol. The van der Waals surface area contributed by atoms with E-state index < -0.39 is 0 Å². The van der Waals surface area contributed by atoms with Gasteiger partial charge in [-0.3, -0.25) is 0 Å². The maximum atomic E-state index is 2.38. The van der Waals surface area contributed by atoms with Crippen molar-refractivity contribution in [3.8, 4) is 11.1 Å². The third-order valence-electron chi connectivity index (χ3n) is 7.83. The zero-order valence-corrected chi connectivity index (χ0v) is 37.3. The predicted molar refractivity (Wildman–Crippen MR) is 241 cm³/mol. The first-order valence-corrected chi connectivity index (χ1v) is 20.9. The minimum atomic E-state index is 0.160. The first kappa shape index (κ1) is 54.7. The lowest BCUT2D eigenvalue weighted by Gasteiger charge is -2.28. The highest BCUT2D eigenvalue weighted by Gasteiger charge is 2.34. The van der Waals surface area contributed by atoms with E-state index in [1.165, 1.54) is 66.3 Å². The van der Waals surface area contributed by atoms with E-state index in [1.54, 1.807) is 0 Å². The van der Waals surface area contributed by atoms with E-state index in [1.807, 2.05) is 112 Å². The Kier molecular flexibility index (Phi) is 39.3. The van der Waals surface area contributed by atoms with Crippen molar-refractivity contribution in [2.45, 2.75) is 174 Å². The van der Waals surface area contributed by atoms with Crippen LogP contribution in [-0.4, -0.2) is 0 Å². The lowest BCUT2D eigenvalue weighted by molar-refractivity contribution is 0.244. The first-order chi connectivity index (χ1) is 24.6. The number of hydrogen-bond donors (Lipinski definition) is 0. The highest BCUT2D eigenvalue weighted by Crippen LogP contribution is 2.48. The highest BCUT2D eigenvalue weighted by molar-refractivity contribution is 5.80. The van der Waals surface area contributed by atoms with E-state index in [9.17, 15) is 0 Å². The fourth-order valence-electron chi connectivity index (χ4n) is 5.40. The van der Waals surface area contributed by atoms with Gasteiger partial charge in [0.1, 0.15) is 0 Å². The Morgan fingerprint density at radius 2 is 0.706 bits per heavy atom. The normalized spacial score (nSPS) is 12.7. The van der Waals surface area contributed by atoms with Crippen LogP contribution in [0.5, 0.6) is 0 Å². The molecule has 4 aromatic carbocycles. The van der Waals surface area contributed by atoms with E-state index in [2.05, 4.69) is 128 Å². The minimum absolute atomic E-state index is 0.160. The van der Waals surface area contributed by atoms with Crippen LogP contribution in [0.3, 0.4) is 0 Å². The monoisotopic (exact) mass is 699 g/mol. The molecule has 51 heavy (non-hydrogen) atoms. The molecule has 6 rings (SSSR count). The minimum Gasteiger partial charge on any atom is -0.0683 e. The summed E-state index contributed by atoms with van der Waals surface area (Å²) < 4.78 is 0.